The maximum absolute atomic E-state index is 9.46. The number of nitrogens with zero attached hydrogens (tertiary/aromatic N) is 1. The van der Waals surface area contributed by atoms with Gasteiger partial charge >= 0.3 is 0 Å². The Bertz CT molecular complexity index is 622. The molecule has 3 rings (SSSR count). The number of aryl methyl sites for hydroxylation is 1. The van der Waals surface area contributed by atoms with E-state index in [1.165, 1.54) is 5.56 Å². The Morgan fingerprint density at radius 1 is 1.00 bits per heavy atom. The Morgan fingerprint density at radius 2 is 1.81 bits per heavy atom. The van der Waals surface area contributed by atoms with Crippen molar-refractivity contribution in [2.45, 2.75) is 31.8 Å². The largest absolute Gasteiger partial charge is 0.508 e. The van der Waals surface area contributed by atoms with Crippen LogP contribution in [0.5, 0.6) is 5.75 Å². The summed E-state index contributed by atoms with van der Waals surface area (Å²) in [5.41, 5.74) is 3.52. The lowest BCUT2D eigenvalue weighted by molar-refractivity contribution is 0.0859. The van der Waals surface area contributed by atoms with Crippen LogP contribution in [0.15, 0.2) is 59.8 Å². The minimum atomic E-state index is 0.159. The predicted octanol–water partition coefficient (Wildman–Crippen LogP) is 3.71. The SMILES string of the molecule is Oc1cccc(CCC2=NOC(Cc3ccccc3)C2)c1. The lowest BCUT2D eigenvalue weighted by Crippen LogP contribution is -2.11. The number of benzene rings is 2. The second-order valence-electron chi connectivity index (χ2n) is 5.45. The van der Waals surface area contributed by atoms with Crippen LogP contribution in [-0.2, 0) is 17.7 Å². The number of aromatic hydroxyl groups is 1. The molecule has 0 saturated heterocycles. The summed E-state index contributed by atoms with van der Waals surface area (Å²) < 4.78 is 0. The monoisotopic (exact) mass is 281 g/mol. The van der Waals surface area contributed by atoms with Gasteiger partial charge in [-0.3, -0.25) is 0 Å². The molecule has 0 radical (unpaired) electrons. The molecule has 21 heavy (non-hydrogen) atoms. The molecule has 0 fully saturated rings. The molecular formula is C18H19NO2. The van der Waals surface area contributed by atoms with E-state index in [1.807, 2.05) is 30.3 Å². The smallest absolute Gasteiger partial charge is 0.136 e. The van der Waals surface area contributed by atoms with E-state index in [0.29, 0.717) is 5.75 Å². The number of hydrogen-bond acceptors (Lipinski definition) is 3. The molecule has 0 bridgehead atoms. The van der Waals surface area contributed by atoms with Gasteiger partial charge in [0, 0.05) is 12.8 Å². The van der Waals surface area contributed by atoms with Crippen LogP contribution in [0.4, 0.5) is 0 Å². The van der Waals surface area contributed by atoms with Crippen LogP contribution in [0.25, 0.3) is 0 Å². The highest BCUT2D eigenvalue weighted by atomic mass is 16.6. The Morgan fingerprint density at radius 3 is 2.62 bits per heavy atom. The average Bonchev–Trinajstić information content (AvgIpc) is 2.94. The number of hydrogen-bond donors (Lipinski definition) is 1. The Hall–Kier alpha value is -2.29. The molecule has 2 aromatic carbocycles. The number of phenols is 1. The Balaban J connectivity index is 1.48. The molecular weight excluding hydrogens is 262 g/mol. The topological polar surface area (TPSA) is 41.8 Å². The molecule has 0 spiro atoms. The van der Waals surface area contributed by atoms with Gasteiger partial charge in [0.2, 0.25) is 0 Å². The van der Waals surface area contributed by atoms with Crippen LogP contribution in [0.1, 0.15) is 24.0 Å². The molecule has 3 heteroatoms. The summed E-state index contributed by atoms with van der Waals surface area (Å²) in [5, 5.41) is 13.7. The van der Waals surface area contributed by atoms with E-state index in [-0.39, 0.29) is 6.10 Å². The fraction of sp³-hybridized carbons (Fsp3) is 0.278. The highest BCUT2D eigenvalue weighted by Gasteiger charge is 2.20. The third-order valence-electron chi connectivity index (χ3n) is 3.71. The van der Waals surface area contributed by atoms with Crippen molar-refractivity contribution >= 4 is 5.71 Å². The lowest BCUT2D eigenvalue weighted by atomic mass is 10.0. The minimum absolute atomic E-state index is 0.159. The van der Waals surface area contributed by atoms with Gasteiger partial charge in [0.25, 0.3) is 0 Å². The van der Waals surface area contributed by atoms with E-state index in [1.54, 1.807) is 12.1 Å². The zero-order valence-electron chi connectivity index (χ0n) is 11.9. The lowest BCUT2D eigenvalue weighted by Gasteiger charge is -2.07. The second-order valence-corrected chi connectivity index (χ2v) is 5.45. The van der Waals surface area contributed by atoms with Gasteiger partial charge in [-0.25, -0.2) is 0 Å². The van der Waals surface area contributed by atoms with Gasteiger partial charge in [0.1, 0.15) is 11.9 Å². The standard InChI is InChI=1S/C18H19NO2/c20-17-8-4-7-15(11-17)9-10-16-13-18(21-19-16)12-14-5-2-1-3-6-14/h1-8,11,18,20H,9-10,12-13H2. The van der Waals surface area contributed by atoms with Crippen LogP contribution in [0.2, 0.25) is 0 Å². The summed E-state index contributed by atoms with van der Waals surface area (Å²) in [4.78, 5) is 5.52. The quantitative estimate of drug-likeness (QED) is 0.907. The summed E-state index contributed by atoms with van der Waals surface area (Å²) in [7, 11) is 0. The normalized spacial score (nSPS) is 17.3. The second kappa shape index (κ2) is 6.44. The molecule has 1 aliphatic rings. The highest BCUT2D eigenvalue weighted by molar-refractivity contribution is 5.85. The molecule has 1 unspecified atom stereocenters. The molecule has 0 aliphatic carbocycles. The first-order valence-corrected chi connectivity index (χ1v) is 7.33. The van der Waals surface area contributed by atoms with Gasteiger partial charge in [-0.2, -0.15) is 0 Å². The zero-order valence-corrected chi connectivity index (χ0v) is 11.9. The molecule has 0 amide bonds. The summed E-state index contributed by atoms with van der Waals surface area (Å²) in [5.74, 6) is 0.319. The Kier molecular flexibility index (Phi) is 4.20. The van der Waals surface area contributed by atoms with Gasteiger partial charge in [-0.1, -0.05) is 47.6 Å². The molecule has 1 heterocycles. The minimum Gasteiger partial charge on any atom is -0.508 e. The van der Waals surface area contributed by atoms with Crippen LogP contribution < -0.4 is 0 Å². The van der Waals surface area contributed by atoms with E-state index in [4.69, 9.17) is 4.84 Å². The molecule has 0 saturated carbocycles. The number of rotatable bonds is 5. The van der Waals surface area contributed by atoms with Crippen LogP contribution in [-0.4, -0.2) is 16.9 Å². The van der Waals surface area contributed by atoms with E-state index in [9.17, 15) is 5.11 Å². The first kappa shape index (κ1) is 13.7. The summed E-state index contributed by atoms with van der Waals surface area (Å²) in [6, 6.07) is 17.8. The maximum atomic E-state index is 9.46. The van der Waals surface area contributed by atoms with Crippen molar-refractivity contribution in [3.8, 4) is 5.75 Å². The third kappa shape index (κ3) is 3.85. The van der Waals surface area contributed by atoms with E-state index < -0.39 is 0 Å². The summed E-state index contributed by atoms with van der Waals surface area (Å²) >= 11 is 0. The van der Waals surface area contributed by atoms with Gasteiger partial charge in [-0.15, -0.1) is 0 Å². The van der Waals surface area contributed by atoms with Gasteiger partial charge in [0.15, 0.2) is 0 Å². The van der Waals surface area contributed by atoms with Gasteiger partial charge in [-0.05, 0) is 36.1 Å². The highest BCUT2D eigenvalue weighted by Crippen LogP contribution is 2.19. The van der Waals surface area contributed by atoms with E-state index in [2.05, 4.69) is 17.3 Å². The fourth-order valence-electron chi connectivity index (χ4n) is 2.62. The summed E-state index contributed by atoms with van der Waals surface area (Å²) in [6.45, 7) is 0. The van der Waals surface area contributed by atoms with Crippen molar-refractivity contribution in [2.24, 2.45) is 5.16 Å². The van der Waals surface area contributed by atoms with E-state index in [0.717, 1.165) is 37.0 Å². The van der Waals surface area contributed by atoms with Crippen molar-refractivity contribution in [3.63, 3.8) is 0 Å². The first-order chi connectivity index (χ1) is 10.3. The summed E-state index contributed by atoms with van der Waals surface area (Å²) in [6.07, 6.45) is 3.73. The maximum Gasteiger partial charge on any atom is 0.136 e. The third-order valence-corrected chi connectivity index (χ3v) is 3.71. The molecule has 3 nitrogen and oxygen atoms in total. The average molecular weight is 281 g/mol. The predicted molar refractivity (Wildman–Crippen MR) is 83.5 cm³/mol. The van der Waals surface area contributed by atoms with E-state index >= 15 is 0 Å². The van der Waals surface area contributed by atoms with Crippen LogP contribution in [0.3, 0.4) is 0 Å². The van der Waals surface area contributed by atoms with Crippen molar-refractivity contribution in [3.05, 3.63) is 65.7 Å². The first-order valence-electron chi connectivity index (χ1n) is 7.33. The molecule has 2 aromatic rings. The molecule has 1 N–H and O–H groups in total. The molecule has 1 atom stereocenters. The van der Waals surface area contributed by atoms with Crippen LogP contribution in [0, 0.1) is 0 Å². The molecule has 108 valence electrons. The molecule has 1 aliphatic heterocycles. The van der Waals surface area contributed by atoms with Crippen molar-refractivity contribution in [1.82, 2.24) is 0 Å². The molecule has 0 aromatic heterocycles. The van der Waals surface area contributed by atoms with Crippen molar-refractivity contribution in [1.29, 1.82) is 0 Å². The van der Waals surface area contributed by atoms with Crippen molar-refractivity contribution < 1.29 is 9.94 Å². The zero-order chi connectivity index (χ0) is 14.5. The van der Waals surface area contributed by atoms with Gasteiger partial charge < -0.3 is 9.94 Å². The number of phenolic OH excluding ortho intramolecular Hbond substituents is 1. The number of oxime groups is 1. The fourth-order valence-corrected chi connectivity index (χ4v) is 2.62. The van der Waals surface area contributed by atoms with Crippen LogP contribution >= 0.6 is 0 Å². The van der Waals surface area contributed by atoms with Gasteiger partial charge in [0.05, 0.1) is 5.71 Å². The Labute approximate surface area is 124 Å². The van der Waals surface area contributed by atoms with Crippen molar-refractivity contribution in [2.75, 3.05) is 0 Å².